The molecule has 0 spiro atoms. The highest BCUT2D eigenvalue weighted by molar-refractivity contribution is 7.71. The standard InChI is InChI=1S/C26H24N4O8S/c1-14(31)36-20-13-35-24(22(38-16(3)33)21(20)37-15(2)32)30-26(39)29-19-12-8-7-11-18(19)23(34)28(25(29)27-30)17-9-5-4-6-10-17/h4-12,20-22,24H,13H2,1-3H3/t20-,21+,22-,24-/m1/s1. The summed E-state index contributed by atoms with van der Waals surface area (Å²) in [6, 6.07) is 15.9. The van der Waals surface area contributed by atoms with E-state index in [1.165, 1.54) is 30.0 Å². The zero-order chi connectivity index (χ0) is 27.8. The van der Waals surface area contributed by atoms with Crippen LogP contribution < -0.4 is 5.56 Å². The summed E-state index contributed by atoms with van der Waals surface area (Å²) < 4.78 is 26.7. The minimum Gasteiger partial charge on any atom is -0.456 e. The van der Waals surface area contributed by atoms with Crippen molar-refractivity contribution < 1.29 is 33.3 Å². The average molecular weight is 553 g/mol. The summed E-state index contributed by atoms with van der Waals surface area (Å²) in [6.45, 7) is 3.36. The maximum atomic E-state index is 13.6. The molecule has 4 aromatic rings. The van der Waals surface area contributed by atoms with Crippen molar-refractivity contribution >= 4 is 46.8 Å². The van der Waals surface area contributed by atoms with Crippen molar-refractivity contribution in [3.63, 3.8) is 0 Å². The van der Waals surface area contributed by atoms with E-state index in [1.807, 2.05) is 6.07 Å². The Bertz CT molecular complexity index is 1710. The molecule has 0 unspecified atom stereocenters. The van der Waals surface area contributed by atoms with Crippen LogP contribution in [0.5, 0.6) is 0 Å². The number of carbonyl (C=O) groups is 3. The van der Waals surface area contributed by atoms with Crippen LogP contribution in [-0.4, -0.2) is 61.6 Å². The van der Waals surface area contributed by atoms with E-state index in [4.69, 9.17) is 31.2 Å². The van der Waals surface area contributed by atoms with Crippen LogP contribution >= 0.6 is 12.2 Å². The van der Waals surface area contributed by atoms with E-state index in [1.54, 1.807) is 52.9 Å². The second-order valence-electron chi connectivity index (χ2n) is 8.88. The van der Waals surface area contributed by atoms with Gasteiger partial charge in [-0.05, 0) is 36.5 Å². The fourth-order valence-corrected chi connectivity index (χ4v) is 5.02. The van der Waals surface area contributed by atoms with E-state index >= 15 is 0 Å². The summed E-state index contributed by atoms with van der Waals surface area (Å²) in [4.78, 5) is 49.5. The van der Waals surface area contributed by atoms with Crippen LogP contribution in [0.2, 0.25) is 0 Å². The lowest BCUT2D eigenvalue weighted by Crippen LogP contribution is -2.55. The molecule has 12 nitrogen and oxygen atoms in total. The number of rotatable bonds is 5. The van der Waals surface area contributed by atoms with Crippen LogP contribution in [0.3, 0.4) is 0 Å². The molecule has 2 aromatic carbocycles. The van der Waals surface area contributed by atoms with Crippen LogP contribution in [0.4, 0.5) is 0 Å². The van der Waals surface area contributed by atoms with Gasteiger partial charge in [-0.25, -0.2) is 9.25 Å². The molecule has 39 heavy (non-hydrogen) atoms. The number of nitrogens with zero attached hydrogens (tertiary/aromatic N) is 4. The predicted molar refractivity (Wildman–Crippen MR) is 139 cm³/mol. The second kappa shape index (κ2) is 10.4. The van der Waals surface area contributed by atoms with Crippen molar-refractivity contribution in [2.75, 3.05) is 6.61 Å². The van der Waals surface area contributed by atoms with Gasteiger partial charge in [-0.3, -0.25) is 23.6 Å². The van der Waals surface area contributed by atoms with Crippen molar-refractivity contribution in [3.05, 3.63) is 69.7 Å². The lowest BCUT2D eigenvalue weighted by atomic mass is 10.0. The van der Waals surface area contributed by atoms with Gasteiger partial charge in [-0.2, -0.15) is 0 Å². The molecule has 3 heterocycles. The van der Waals surface area contributed by atoms with Crippen LogP contribution in [0.15, 0.2) is 59.4 Å². The third-order valence-corrected chi connectivity index (χ3v) is 6.51. The van der Waals surface area contributed by atoms with Crippen LogP contribution in [0.1, 0.15) is 27.0 Å². The zero-order valence-corrected chi connectivity index (χ0v) is 22.0. The molecule has 202 valence electrons. The number of para-hydroxylation sites is 2. The molecule has 0 amide bonds. The van der Waals surface area contributed by atoms with Crippen molar-refractivity contribution in [2.45, 2.75) is 45.3 Å². The topological polar surface area (TPSA) is 132 Å². The van der Waals surface area contributed by atoms with Gasteiger partial charge in [0.15, 0.2) is 24.5 Å². The minimum absolute atomic E-state index is 0.126. The number of fused-ring (bicyclic) bond motifs is 3. The molecule has 4 atom stereocenters. The number of esters is 3. The van der Waals surface area contributed by atoms with Gasteiger partial charge in [0.25, 0.3) is 5.56 Å². The first-order valence-electron chi connectivity index (χ1n) is 12.0. The Balaban J connectivity index is 1.75. The SMILES string of the molecule is CC(=O)O[C@@H]1[C@@H](OC(C)=O)[C@H](OC(C)=O)CO[C@H]1n1nc2n(-c3ccccc3)c(=O)c3ccccc3n2c1=S. The largest absolute Gasteiger partial charge is 0.456 e. The molecule has 1 fully saturated rings. The molecule has 1 aliphatic rings. The molecular weight excluding hydrogens is 528 g/mol. The Morgan fingerprint density at radius 2 is 1.51 bits per heavy atom. The number of ether oxygens (including phenoxy) is 4. The fourth-order valence-electron chi connectivity index (χ4n) is 4.70. The van der Waals surface area contributed by atoms with Gasteiger partial charge in [0, 0.05) is 20.8 Å². The Labute approximate surface area is 226 Å². The van der Waals surface area contributed by atoms with Gasteiger partial charge in [-0.1, -0.05) is 30.3 Å². The van der Waals surface area contributed by atoms with Gasteiger partial charge in [0.2, 0.25) is 10.5 Å². The first kappa shape index (κ1) is 26.3. The van der Waals surface area contributed by atoms with Gasteiger partial charge < -0.3 is 18.9 Å². The van der Waals surface area contributed by atoms with E-state index in [-0.39, 0.29) is 22.7 Å². The van der Waals surface area contributed by atoms with Crippen LogP contribution in [0.25, 0.3) is 22.4 Å². The maximum Gasteiger partial charge on any atom is 0.303 e. The van der Waals surface area contributed by atoms with E-state index < -0.39 is 42.4 Å². The van der Waals surface area contributed by atoms with Crippen molar-refractivity contribution in [3.8, 4) is 5.69 Å². The summed E-state index contributed by atoms with van der Waals surface area (Å²) in [7, 11) is 0. The normalized spacial score (nSPS) is 21.0. The molecule has 1 aliphatic heterocycles. The number of benzene rings is 2. The van der Waals surface area contributed by atoms with E-state index in [0.717, 1.165) is 0 Å². The molecule has 2 aromatic heterocycles. The second-order valence-corrected chi connectivity index (χ2v) is 9.24. The van der Waals surface area contributed by atoms with Crippen LogP contribution in [-0.2, 0) is 33.3 Å². The van der Waals surface area contributed by atoms with Crippen molar-refractivity contribution in [1.82, 2.24) is 18.7 Å². The van der Waals surface area contributed by atoms with E-state index in [0.29, 0.717) is 16.6 Å². The summed E-state index contributed by atoms with van der Waals surface area (Å²) in [5.41, 5.74) is 0.750. The van der Waals surface area contributed by atoms with E-state index in [2.05, 4.69) is 5.10 Å². The quantitative estimate of drug-likeness (QED) is 0.207. The zero-order valence-electron chi connectivity index (χ0n) is 21.2. The van der Waals surface area contributed by atoms with E-state index in [9.17, 15) is 19.2 Å². The Morgan fingerprint density at radius 3 is 2.18 bits per heavy atom. The Hall–Kier alpha value is -4.36. The maximum absolute atomic E-state index is 13.6. The highest BCUT2D eigenvalue weighted by atomic mass is 32.1. The van der Waals surface area contributed by atoms with Crippen molar-refractivity contribution in [1.29, 1.82) is 0 Å². The minimum atomic E-state index is -1.29. The molecule has 0 N–H and O–H groups in total. The first-order chi connectivity index (χ1) is 18.7. The molecule has 0 radical (unpaired) electrons. The molecule has 0 bridgehead atoms. The first-order valence-corrected chi connectivity index (χ1v) is 12.4. The fraction of sp³-hybridized carbons (Fsp3) is 0.308. The lowest BCUT2D eigenvalue weighted by molar-refractivity contribution is -0.241. The third kappa shape index (κ3) is 4.81. The molecule has 5 rings (SSSR count). The smallest absolute Gasteiger partial charge is 0.303 e. The van der Waals surface area contributed by atoms with Gasteiger partial charge in [0.1, 0.15) is 0 Å². The van der Waals surface area contributed by atoms with Gasteiger partial charge in [-0.15, -0.1) is 5.10 Å². The van der Waals surface area contributed by atoms with Gasteiger partial charge >= 0.3 is 17.9 Å². The van der Waals surface area contributed by atoms with Crippen molar-refractivity contribution in [2.24, 2.45) is 0 Å². The number of aromatic nitrogens is 4. The Morgan fingerprint density at radius 1 is 0.897 bits per heavy atom. The molecular formula is C26H24N4O8S. The summed E-state index contributed by atoms with van der Waals surface area (Å²) in [5, 5.41) is 5.06. The molecule has 13 heteroatoms. The highest BCUT2D eigenvalue weighted by Gasteiger charge is 2.48. The van der Waals surface area contributed by atoms with Gasteiger partial charge in [0.05, 0.1) is 23.2 Å². The average Bonchev–Trinajstić information content (AvgIpc) is 3.22. The monoisotopic (exact) mass is 552 g/mol. The number of carbonyl (C=O) groups excluding carboxylic acids is 3. The summed E-state index contributed by atoms with van der Waals surface area (Å²) in [5.74, 6) is -1.83. The number of hydrogen-bond acceptors (Lipinski definition) is 10. The summed E-state index contributed by atoms with van der Waals surface area (Å²) >= 11 is 5.81. The van der Waals surface area contributed by atoms with Crippen LogP contribution in [0, 0.1) is 4.77 Å². The molecule has 0 saturated carbocycles. The predicted octanol–water partition coefficient (Wildman–Crippen LogP) is 2.49. The number of hydrogen-bond donors (Lipinski definition) is 0. The molecule has 0 aliphatic carbocycles. The molecule has 1 saturated heterocycles. The third-order valence-electron chi connectivity index (χ3n) is 6.14. The lowest BCUT2D eigenvalue weighted by Gasteiger charge is -2.40. The Kier molecular flexibility index (Phi) is 7.02. The highest BCUT2D eigenvalue weighted by Crippen LogP contribution is 2.31. The summed E-state index contributed by atoms with van der Waals surface area (Å²) in [6.07, 6.45) is -4.74.